The van der Waals surface area contributed by atoms with Crippen molar-refractivity contribution < 1.29 is 14.6 Å². The molecule has 2 rings (SSSR count). The Morgan fingerprint density at radius 1 is 1.43 bits per heavy atom. The minimum atomic E-state index is -0.747. The zero-order valence-corrected chi connectivity index (χ0v) is 12.9. The molecule has 0 spiro atoms. The number of hydrogen-bond acceptors (Lipinski definition) is 3. The first-order valence-corrected chi connectivity index (χ1v) is 7.61. The van der Waals surface area contributed by atoms with Gasteiger partial charge in [0.1, 0.15) is 0 Å². The van der Waals surface area contributed by atoms with Crippen LogP contribution in [0.15, 0.2) is 24.3 Å². The van der Waals surface area contributed by atoms with Gasteiger partial charge in [-0.05, 0) is 36.5 Å². The topological polar surface area (TPSA) is 58.6 Å². The van der Waals surface area contributed by atoms with E-state index in [1.165, 1.54) is 0 Å². The number of aliphatic hydroxyl groups is 1. The highest BCUT2D eigenvalue weighted by atomic mass is 16.5. The van der Waals surface area contributed by atoms with Gasteiger partial charge < -0.3 is 15.2 Å². The Labute approximate surface area is 126 Å². The Kier molecular flexibility index (Phi) is 5.37. The molecule has 4 heteroatoms. The molecule has 116 valence electrons. The number of amides is 1. The lowest BCUT2D eigenvalue weighted by atomic mass is 9.79. The summed E-state index contributed by atoms with van der Waals surface area (Å²) in [5.41, 5.74) is 0.902. The van der Waals surface area contributed by atoms with E-state index in [4.69, 9.17) is 4.74 Å². The van der Waals surface area contributed by atoms with Crippen molar-refractivity contribution in [1.82, 2.24) is 5.32 Å². The Bertz CT molecular complexity index is 471. The van der Waals surface area contributed by atoms with Gasteiger partial charge in [-0.15, -0.1) is 0 Å². The molecule has 0 aromatic heterocycles. The summed E-state index contributed by atoms with van der Waals surface area (Å²) in [5, 5.41) is 13.4. The minimum Gasteiger partial charge on any atom is -0.388 e. The number of ether oxygens (including phenoxy) is 1. The predicted octanol–water partition coefficient (Wildman–Crippen LogP) is 2.50. The first kappa shape index (κ1) is 16.0. The number of carbonyl (C=O) groups is 1. The molecule has 2 atom stereocenters. The number of hydrogen-bond donors (Lipinski definition) is 2. The van der Waals surface area contributed by atoms with E-state index in [2.05, 4.69) is 12.2 Å². The maximum Gasteiger partial charge on any atom is 0.251 e. The van der Waals surface area contributed by atoms with E-state index >= 15 is 0 Å². The summed E-state index contributed by atoms with van der Waals surface area (Å²) in [7, 11) is 1.65. The minimum absolute atomic E-state index is 0.134. The van der Waals surface area contributed by atoms with Crippen molar-refractivity contribution in [3.05, 3.63) is 35.4 Å². The number of rotatable bonds is 5. The van der Waals surface area contributed by atoms with Crippen molar-refractivity contribution in [1.29, 1.82) is 0 Å². The van der Waals surface area contributed by atoms with Crippen molar-refractivity contribution >= 4 is 5.91 Å². The van der Waals surface area contributed by atoms with Crippen LogP contribution >= 0.6 is 0 Å². The van der Waals surface area contributed by atoms with Gasteiger partial charge in [0.25, 0.3) is 5.91 Å². The molecule has 0 aliphatic heterocycles. The summed E-state index contributed by atoms with van der Waals surface area (Å²) in [6, 6.07) is 7.35. The van der Waals surface area contributed by atoms with Gasteiger partial charge in [0, 0.05) is 19.2 Å². The van der Waals surface area contributed by atoms with Crippen LogP contribution in [-0.4, -0.2) is 30.3 Å². The molecule has 1 aliphatic carbocycles. The van der Waals surface area contributed by atoms with Gasteiger partial charge >= 0.3 is 0 Å². The van der Waals surface area contributed by atoms with Gasteiger partial charge in [0.05, 0.1) is 12.2 Å². The van der Waals surface area contributed by atoms with Crippen LogP contribution in [0.25, 0.3) is 0 Å². The van der Waals surface area contributed by atoms with Crippen molar-refractivity contribution in [3.8, 4) is 0 Å². The number of benzene rings is 1. The number of methoxy groups -OCH3 is 1. The second-order valence-corrected chi connectivity index (χ2v) is 6.24. The van der Waals surface area contributed by atoms with Crippen molar-refractivity contribution in [3.63, 3.8) is 0 Å². The summed E-state index contributed by atoms with van der Waals surface area (Å²) >= 11 is 0. The van der Waals surface area contributed by atoms with E-state index in [9.17, 15) is 9.90 Å². The van der Waals surface area contributed by atoms with Crippen LogP contribution in [0, 0.1) is 5.92 Å². The van der Waals surface area contributed by atoms with Gasteiger partial charge in [0.2, 0.25) is 0 Å². The van der Waals surface area contributed by atoms with Crippen LogP contribution in [0.4, 0.5) is 0 Å². The summed E-state index contributed by atoms with van der Waals surface area (Å²) < 4.78 is 5.04. The molecule has 1 fully saturated rings. The Morgan fingerprint density at radius 2 is 2.14 bits per heavy atom. The fraction of sp³-hybridized carbons (Fsp3) is 0.588. The summed E-state index contributed by atoms with van der Waals surface area (Å²) in [6.45, 7) is 3.02. The largest absolute Gasteiger partial charge is 0.388 e. The SMILES string of the molecule is COCc1ccc(C(=O)NCC2(O)CCCC(C)C2)cc1. The van der Waals surface area contributed by atoms with Gasteiger partial charge in [-0.25, -0.2) is 0 Å². The van der Waals surface area contributed by atoms with E-state index in [0.717, 1.165) is 31.2 Å². The zero-order valence-electron chi connectivity index (χ0n) is 12.9. The van der Waals surface area contributed by atoms with E-state index < -0.39 is 5.60 Å². The number of carbonyl (C=O) groups excluding carboxylic acids is 1. The molecule has 0 bridgehead atoms. The first-order valence-electron chi connectivity index (χ1n) is 7.61. The average molecular weight is 291 g/mol. The van der Waals surface area contributed by atoms with E-state index in [1.54, 1.807) is 19.2 Å². The summed E-state index contributed by atoms with van der Waals surface area (Å²) in [5.74, 6) is 0.389. The molecular formula is C17H25NO3. The molecule has 2 N–H and O–H groups in total. The maximum absolute atomic E-state index is 12.1. The van der Waals surface area contributed by atoms with E-state index in [1.807, 2.05) is 12.1 Å². The molecule has 1 aromatic rings. The lowest BCUT2D eigenvalue weighted by molar-refractivity contribution is -0.0109. The third kappa shape index (κ3) is 4.55. The molecule has 4 nitrogen and oxygen atoms in total. The average Bonchev–Trinajstić information content (AvgIpc) is 2.46. The van der Waals surface area contributed by atoms with Crippen LogP contribution in [0.5, 0.6) is 0 Å². The standard InChI is InChI=1S/C17H25NO3/c1-13-4-3-9-17(20,10-13)12-18-16(19)15-7-5-14(6-8-15)11-21-2/h5-8,13,20H,3-4,9-12H2,1-2H3,(H,18,19). The van der Waals surface area contributed by atoms with Crippen LogP contribution in [0.3, 0.4) is 0 Å². The summed E-state index contributed by atoms with van der Waals surface area (Å²) in [4.78, 5) is 12.1. The highest BCUT2D eigenvalue weighted by Crippen LogP contribution is 2.31. The molecule has 0 heterocycles. The highest BCUT2D eigenvalue weighted by Gasteiger charge is 2.32. The molecule has 1 saturated carbocycles. The normalized spacial score (nSPS) is 25.6. The van der Waals surface area contributed by atoms with Gasteiger partial charge in [0.15, 0.2) is 0 Å². The quantitative estimate of drug-likeness (QED) is 0.876. The van der Waals surface area contributed by atoms with Crippen LogP contribution < -0.4 is 5.32 Å². The smallest absolute Gasteiger partial charge is 0.251 e. The molecule has 1 aromatic carbocycles. The van der Waals surface area contributed by atoms with Crippen LogP contribution in [0.1, 0.15) is 48.5 Å². The Hall–Kier alpha value is -1.39. The van der Waals surface area contributed by atoms with Crippen molar-refractivity contribution in [2.45, 2.75) is 44.8 Å². The molecule has 0 saturated heterocycles. The van der Waals surface area contributed by atoms with Crippen molar-refractivity contribution in [2.24, 2.45) is 5.92 Å². The molecule has 21 heavy (non-hydrogen) atoms. The maximum atomic E-state index is 12.1. The molecular weight excluding hydrogens is 266 g/mol. The third-order valence-corrected chi connectivity index (χ3v) is 4.17. The first-order chi connectivity index (χ1) is 10.0. The Balaban J connectivity index is 1.89. The van der Waals surface area contributed by atoms with Crippen LogP contribution in [-0.2, 0) is 11.3 Å². The van der Waals surface area contributed by atoms with Crippen molar-refractivity contribution in [2.75, 3.05) is 13.7 Å². The van der Waals surface area contributed by atoms with E-state index in [-0.39, 0.29) is 5.91 Å². The molecule has 2 unspecified atom stereocenters. The third-order valence-electron chi connectivity index (χ3n) is 4.17. The van der Waals surface area contributed by atoms with Crippen LogP contribution in [0.2, 0.25) is 0 Å². The molecule has 1 amide bonds. The monoisotopic (exact) mass is 291 g/mol. The second kappa shape index (κ2) is 7.05. The second-order valence-electron chi connectivity index (χ2n) is 6.24. The lowest BCUT2D eigenvalue weighted by Gasteiger charge is -2.35. The predicted molar refractivity (Wildman–Crippen MR) is 82.1 cm³/mol. The zero-order chi connectivity index (χ0) is 15.3. The van der Waals surface area contributed by atoms with E-state index in [0.29, 0.717) is 24.6 Å². The summed E-state index contributed by atoms with van der Waals surface area (Å²) in [6.07, 6.45) is 3.72. The van der Waals surface area contributed by atoms with Gasteiger partial charge in [-0.3, -0.25) is 4.79 Å². The number of nitrogens with one attached hydrogen (secondary N) is 1. The van der Waals surface area contributed by atoms with Gasteiger partial charge in [-0.1, -0.05) is 31.9 Å². The molecule has 0 radical (unpaired) electrons. The fourth-order valence-corrected chi connectivity index (χ4v) is 3.06. The Morgan fingerprint density at radius 3 is 2.76 bits per heavy atom. The fourth-order valence-electron chi connectivity index (χ4n) is 3.06. The lowest BCUT2D eigenvalue weighted by Crippen LogP contribution is -2.45. The molecule has 1 aliphatic rings. The van der Waals surface area contributed by atoms with Gasteiger partial charge in [-0.2, -0.15) is 0 Å². The highest BCUT2D eigenvalue weighted by molar-refractivity contribution is 5.94.